The number of hydrogen-bond donors (Lipinski definition) is 0. The van der Waals surface area contributed by atoms with Crippen LogP contribution in [0.3, 0.4) is 0 Å². The Balaban J connectivity index is 1.49. The Labute approximate surface area is 190 Å². The molecule has 30 heavy (non-hydrogen) atoms. The van der Waals surface area contributed by atoms with Gasteiger partial charge in [0.25, 0.3) is 0 Å². The maximum Gasteiger partial charge on any atom is 0.243 e. The van der Waals surface area contributed by atoms with Crippen LogP contribution in [0.2, 0.25) is 10.0 Å². The number of thiazole rings is 1. The largest absolute Gasteiger partial charge is 0.345 e. The van der Waals surface area contributed by atoms with Crippen molar-refractivity contribution in [3.63, 3.8) is 0 Å². The lowest BCUT2D eigenvalue weighted by atomic mass is 10.0. The molecule has 0 aliphatic carbocycles. The third-order valence-corrected chi connectivity index (χ3v) is 8.57. The highest BCUT2D eigenvalue weighted by Gasteiger charge is 2.30. The van der Waals surface area contributed by atoms with E-state index in [9.17, 15) is 8.42 Å². The van der Waals surface area contributed by atoms with E-state index in [2.05, 4.69) is 36.3 Å². The van der Waals surface area contributed by atoms with E-state index in [4.69, 9.17) is 28.2 Å². The van der Waals surface area contributed by atoms with Gasteiger partial charge in [0.15, 0.2) is 5.13 Å². The molecule has 0 saturated carbocycles. The Kier molecular flexibility index (Phi) is 6.10. The van der Waals surface area contributed by atoms with Gasteiger partial charge in [-0.25, -0.2) is 13.4 Å². The summed E-state index contributed by atoms with van der Waals surface area (Å²) in [5.74, 6) is 0. The summed E-state index contributed by atoms with van der Waals surface area (Å²) in [5.41, 5.74) is 4.56. The van der Waals surface area contributed by atoms with Crippen LogP contribution < -0.4 is 4.90 Å². The van der Waals surface area contributed by atoms with Gasteiger partial charge in [0, 0.05) is 47.2 Å². The number of aryl methyl sites for hydroxylation is 1. The summed E-state index contributed by atoms with van der Waals surface area (Å²) in [6.45, 7) is 6.12. The van der Waals surface area contributed by atoms with Crippen molar-refractivity contribution in [1.82, 2.24) is 9.29 Å². The second-order valence-corrected chi connectivity index (χ2v) is 10.9. The van der Waals surface area contributed by atoms with Crippen molar-refractivity contribution in [2.45, 2.75) is 18.7 Å². The second-order valence-electron chi connectivity index (χ2n) is 7.26. The van der Waals surface area contributed by atoms with Crippen molar-refractivity contribution >= 4 is 49.7 Å². The number of benzene rings is 2. The maximum absolute atomic E-state index is 13.0. The van der Waals surface area contributed by atoms with Crippen LogP contribution in [0.15, 0.2) is 46.7 Å². The molecular formula is C21H21Cl2N3O2S2. The van der Waals surface area contributed by atoms with Gasteiger partial charge in [-0.2, -0.15) is 4.31 Å². The Morgan fingerprint density at radius 1 is 1.00 bits per heavy atom. The smallest absolute Gasteiger partial charge is 0.243 e. The second kappa shape index (κ2) is 8.48. The predicted molar refractivity (Wildman–Crippen MR) is 124 cm³/mol. The molecule has 2 aromatic carbocycles. The Bertz CT molecular complexity index is 1170. The first-order valence-corrected chi connectivity index (χ1v) is 12.6. The molecule has 2 heterocycles. The minimum absolute atomic E-state index is 0.125. The number of piperazine rings is 1. The molecule has 0 spiro atoms. The van der Waals surface area contributed by atoms with Crippen molar-refractivity contribution in [2.75, 3.05) is 31.1 Å². The molecule has 1 aliphatic rings. The van der Waals surface area contributed by atoms with Crippen LogP contribution in [-0.2, 0) is 10.0 Å². The molecule has 1 aliphatic heterocycles. The fraction of sp³-hybridized carbons (Fsp3) is 0.286. The molecule has 1 fully saturated rings. The molecule has 0 unspecified atom stereocenters. The highest BCUT2D eigenvalue weighted by atomic mass is 35.5. The zero-order valence-corrected chi connectivity index (χ0v) is 19.7. The summed E-state index contributed by atoms with van der Waals surface area (Å²) in [6, 6.07) is 10.6. The van der Waals surface area contributed by atoms with Gasteiger partial charge in [-0.05, 0) is 43.2 Å². The molecule has 0 atom stereocenters. The number of halogens is 2. The molecule has 0 bridgehead atoms. The van der Waals surface area contributed by atoms with E-state index in [0.29, 0.717) is 36.2 Å². The van der Waals surface area contributed by atoms with Gasteiger partial charge in [-0.1, -0.05) is 41.4 Å². The highest BCUT2D eigenvalue weighted by Crippen LogP contribution is 2.32. The van der Waals surface area contributed by atoms with Crippen molar-refractivity contribution in [3.05, 3.63) is 63.0 Å². The third-order valence-electron chi connectivity index (χ3n) is 5.36. The van der Waals surface area contributed by atoms with E-state index in [1.54, 1.807) is 11.3 Å². The first kappa shape index (κ1) is 21.6. The molecule has 5 nitrogen and oxygen atoms in total. The number of aromatic nitrogens is 1. The lowest BCUT2D eigenvalue weighted by molar-refractivity contribution is 0.385. The van der Waals surface area contributed by atoms with Gasteiger partial charge in [-0.15, -0.1) is 11.3 Å². The van der Waals surface area contributed by atoms with Crippen LogP contribution in [0.4, 0.5) is 5.13 Å². The standard InChI is InChI=1S/C21H21Cl2N3O2S2/c1-14-4-3-5-19(15(14)2)20-13-29-21(24-20)25-6-8-26(9-7-25)30(27,28)18-11-16(22)10-17(23)12-18/h3-5,10-13H,6-9H2,1-2H3. The number of sulfonamides is 1. The van der Waals surface area contributed by atoms with Crippen molar-refractivity contribution < 1.29 is 8.42 Å². The molecule has 0 radical (unpaired) electrons. The van der Waals surface area contributed by atoms with Crippen LogP contribution in [0.25, 0.3) is 11.3 Å². The lowest BCUT2D eigenvalue weighted by Crippen LogP contribution is -2.48. The van der Waals surface area contributed by atoms with Crippen LogP contribution in [0, 0.1) is 13.8 Å². The Morgan fingerprint density at radius 3 is 2.33 bits per heavy atom. The number of anilines is 1. The molecule has 4 rings (SSSR count). The van der Waals surface area contributed by atoms with Gasteiger partial charge in [0.2, 0.25) is 10.0 Å². The average Bonchev–Trinajstić information content (AvgIpc) is 3.19. The molecule has 1 aromatic heterocycles. The van der Waals surface area contributed by atoms with Gasteiger partial charge in [-0.3, -0.25) is 0 Å². The first-order chi connectivity index (χ1) is 14.3. The van der Waals surface area contributed by atoms with Gasteiger partial charge >= 0.3 is 0 Å². The van der Waals surface area contributed by atoms with E-state index in [1.807, 2.05) is 6.07 Å². The van der Waals surface area contributed by atoms with Gasteiger partial charge in [0.1, 0.15) is 0 Å². The van der Waals surface area contributed by atoms with Crippen LogP contribution in [0.1, 0.15) is 11.1 Å². The maximum atomic E-state index is 13.0. The van der Waals surface area contributed by atoms with Crippen LogP contribution >= 0.6 is 34.5 Å². The SMILES string of the molecule is Cc1cccc(-c2csc(N3CCN(S(=O)(=O)c4cc(Cl)cc(Cl)c4)CC3)n2)c1C. The van der Waals surface area contributed by atoms with Gasteiger partial charge < -0.3 is 4.90 Å². The first-order valence-electron chi connectivity index (χ1n) is 9.49. The third kappa shape index (κ3) is 4.22. The zero-order chi connectivity index (χ0) is 21.5. The fourth-order valence-electron chi connectivity index (χ4n) is 3.51. The summed E-state index contributed by atoms with van der Waals surface area (Å²) < 4.78 is 27.4. The molecule has 3 aromatic rings. The van der Waals surface area contributed by atoms with Crippen molar-refractivity contribution in [2.24, 2.45) is 0 Å². The number of hydrogen-bond acceptors (Lipinski definition) is 5. The molecule has 0 N–H and O–H groups in total. The number of nitrogens with zero attached hydrogens (tertiary/aromatic N) is 3. The molecule has 158 valence electrons. The van der Waals surface area contributed by atoms with E-state index in [-0.39, 0.29) is 4.90 Å². The summed E-state index contributed by atoms with van der Waals surface area (Å²) in [5, 5.41) is 3.59. The normalized spacial score (nSPS) is 15.5. The fourth-order valence-corrected chi connectivity index (χ4v) is 6.54. The van der Waals surface area contributed by atoms with E-state index >= 15 is 0 Å². The Morgan fingerprint density at radius 2 is 1.67 bits per heavy atom. The minimum Gasteiger partial charge on any atom is -0.345 e. The zero-order valence-electron chi connectivity index (χ0n) is 16.6. The number of rotatable bonds is 4. The highest BCUT2D eigenvalue weighted by molar-refractivity contribution is 7.89. The quantitative estimate of drug-likeness (QED) is 0.510. The predicted octanol–water partition coefficient (Wildman–Crippen LogP) is 5.24. The topological polar surface area (TPSA) is 53.5 Å². The molecule has 0 amide bonds. The van der Waals surface area contributed by atoms with Crippen molar-refractivity contribution in [1.29, 1.82) is 0 Å². The average molecular weight is 482 g/mol. The lowest BCUT2D eigenvalue weighted by Gasteiger charge is -2.33. The summed E-state index contributed by atoms with van der Waals surface area (Å²) in [4.78, 5) is 7.08. The summed E-state index contributed by atoms with van der Waals surface area (Å²) in [7, 11) is -3.64. The van der Waals surface area contributed by atoms with Crippen LogP contribution in [-0.4, -0.2) is 43.9 Å². The Hall–Kier alpha value is -1.64. The summed E-state index contributed by atoms with van der Waals surface area (Å²) >= 11 is 13.6. The van der Waals surface area contributed by atoms with Crippen molar-refractivity contribution in [3.8, 4) is 11.3 Å². The molecule has 1 saturated heterocycles. The van der Waals surface area contributed by atoms with E-state index in [0.717, 1.165) is 16.4 Å². The molecule has 9 heteroatoms. The van der Waals surface area contributed by atoms with E-state index in [1.165, 1.54) is 33.6 Å². The van der Waals surface area contributed by atoms with Crippen LogP contribution in [0.5, 0.6) is 0 Å². The monoisotopic (exact) mass is 481 g/mol. The minimum atomic E-state index is -3.64. The van der Waals surface area contributed by atoms with E-state index < -0.39 is 10.0 Å². The molecular weight excluding hydrogens is 461 g/mol. The summed E-state index contributed by atoms with van der Waals surface area (Å²) in [6.07, 6.45) is 0. The van der Waals surface area contributed by atoms with Gasteiger partial charge in [0.05, 0.1) is 10.6 Å².